The Morgan fingerprint density at radius 1 is 1.25 bits per heavy atom. The molecule has 0 bridgehead atoms. The molecule has 24 heavy (non-hydrogen) atoms. The molecule has 0 spiro atoms. The van der Waals surface area contributed by atoms with Gasteiger partial charge >= 0.3 is 0 Å². The molecule has 0 unspecified atom stereocenters. The maximum atomic E-state index is 12.1. The number of anilines is 2. The predicted molar refractivity (Wildman–Crippen MR) is 95.5 cm³/mol. The van der Waals surface area contributed by atoms with E-state index >= 15 is 0 Å². The molecule has 2 heterocycles. The molecular weight excluding hydrogens is 344 g/mol. The second kappa shape index (κ2) is 7.98. The highest BCUT2D eigenvalue weighted by atomic mass is 32.2. The second-order valence-electron chi connectivity index (χ2n) is 4.92. The van der Waals surface area contributed by atoms with Crippen molar-refractivity contribution in [1.82, 2.24) is 15.5 Å². The van der Waals surface area contributed by atoms with Crippen LogP contribution in [0.4, 0.5) is 10.8 Å². The number of nitrogens with zero attached hydrogens (tertiary/aromatic N) is 2. The first-order valence-electron chi connectivity index (χ1n) is 7.33. The summed E-state index contributed by atoms with van der Waals surface area (Å²) in [4.78, 5) is 12.1. The van der Waals surface area contributed by atoms with Gasteiger partial charge in [-0.25, -0.2) is 0 Å². The largest absolute Gasteiger partial charge is 0.467 e. The van der Waals surface area contributed by atoms with Gasteiger partial charge in [0, 0.05) is 5.69 Å². The molecule has 124 valence electrons. The summed E-state index contributed by atoms with van der Waals surface area (Å²) in [6.07, 6.45) is 1.59. The topological polar surface area (TPSA) is 80.0 Å². The molecule has 3 rings (SSSR count). The monoisotopic (exact) mass is 360 g/mol. The maximum Gasteiger partial charge on any atom is 0.233 e. The van der Waals surface area contributed by atoms with Crippen LogP contribution in [0.2, 0.25) is 0 Å². The molecule has 2 aromatic heterocycles. The molecule has 0 fully saturated rings. The molecule has 0 radical (unpaired) electrons. The van der Waals surface area contributed by atoms with Gasteiger partial charge in [0.25, 0.3) is 0 Å². The molecule has 0 aliphatic carbocycles. The summed E-state index contributed by atoms with van der Waals surface area (Å²) in [5, 5.41) is 14.7. The molecule has 2 N–H and O–H groups in total. The summed E-state index contributed by atoms with van der Waals surface area (Å²) < 4.78 is 5.94. The van der Waals surface area contributed by atoms with E-state index in [1.807, 2.05) is 43.3 Å². The van der Waals surface area contributed by atoms with Gasteiger partial charge in [-0.05, 0) is 31.2 Å². The molecule has 1 aromatic carbocycles. The van der Waals surface area contributed by atoms with Crippen LogP contribution >= 0.6 is 23.1 Å². The second-order valence-corrected chi connectivity index (χ2v) is 7.49. The highest BCUT2D eigenvalue weighted by Crippen LogP contribution is 2.30. The van der Waals surface area contributed by atoms with Crippen LogP contribution in [0.15, 0.2) is 57.5 Å². The van der Waals surface area contributed by atoms with E-state index in [0.717, 1.165) is 15.8 Å². The summed E-state index contributed by atoms with van der Waals surface area (Å²) >= 11 is 2.80. The average molecular weight is 360 g/mol. The van der Waals surface area contributed by atoms with Gasteiger partial charge in [0.05, 0.1) is 18.1 Å². The number of aromatic nitrogens is 2. The van der Waals surface area contributed by atoms with Crippen LogP contribution in [-0.2, 0) is 11.3 Å². The van der Waals surface area contributed by atoms with Crippen LogP contribution in [0.5, 0.6) is 0 Å². The number of nitrogens with one attached hydrogen (secondary N) is 2. The van der Waals surface area contributed by atoms with Crippen molar-refractivity contribution in [3.05, 3.63) is 54.5 Å². The zero-order chi connectivity index (χ0) is 16.8. The van der Waals surface area contributed by atoms with Gasteiger partial charge in [0.1, 0.15) is 5.76 Å². The van der Waals surface area contributed by atoms with E-state index < -0.39 is 0 Å². The Balaban J connectivity index is 1.51. The van der Waals surface area contributed by atoms with E-state index in [4.69, 9.17) is 4.42 Å². The Morgan fingerprint density at radius 3 is 2.83 bits per heavy atom. The number of rotatable bonds is 7. The van der Waals surface area contributed by atoms with Crippen molar-refractivity contribution in [3.8, 4) is 0 Å². The third-order valence-corrected chi connectivity index (χ3v) is 5.12. The van der Waals surface area contributed by atoms with E-state index in [0.29, 0.717) is 11.7 Å². The lowest BCUT2D eigenvalue weighted by Crippen LogP contribution is -2.30. The third-order valence-electron chi connectivity index (χ3n) is 3.10. The van der Waals surface area contributed by atoms with Crippen molar-refractivity contribution in [2.75, 3.05) is 5.32 Å². The van der Waals surface area contributed by atoms with Gasteiger partial charge in [0.15, 0.2) is 4.34 Å². The quantitative estimate of drug-likeness (QED) is 0.626. The number of amides is 1. The minimum atomic E-state index is -0.266. The zero-order valence-corrected chi connectivity index (χ0v) is 14.6. The summed E-state index contributed by atoms with van der Waals surface area (Å²) in [6.45, 7) is 2.22. The van der Waals surface area contributed by atoms with Gasteiger partial charge in [0.2, 0.25) is 11.0 Å². The van der Waals surface area contributed by atoms with Crippen LogP contribution in [0.3, 0.4) is 0 Å². The fourth-order valence-electron chi connectivity index (χ4n) is 1.89. The number of benzene rings is 1. The number of para-hydroxylation sites is 1. The fraction of sp³-hybridized carbons (Fsp3) is 0.188. The standard InChI is InChI=1S/C16H16N4O2S2/c1-11(14(21)17-10-13-8-5-9-22-13)23-16-20-19-15(24-16)18-12-6-3-2-4-7-12/h2-9,11H,10H2,1H3,(H,17,21)(H,18,19)/t11-/m0/s1. The summed E-state index contributed by atoms with van der Waals surface area (Å²) in [5.41, 5.74) is 0.953. The van der Waals surface area contributed by atoms with Crippen molar-refractivity contribution >= 4 is 39.8 Å². The average Bonchev–Trinajstić information content (AvgIpc) is 3.25. The molecule has 6 nitrogen and oxygen atoms in total. The van der Waals surface area contributed by atoms with Crippen LogP contribution in [0.25, 0.3) is 0 Å². The van der Waals surface area contributed by atoms with Crippen LogP contribution in [0, 0.1) is 0 Å². The van der Waals surface area contributed by atoms with Gasteiger partial charge in [-0.3, -0.25) is 4.79 Å². The first kappa shape index (κ1) is 16.5. The molecule has 0 aliphatic rings. The van der Waals surface area contributed by atoms with Crippen LogP contribution in [0.1, 0.15) is 12.7 Å². The lowest BCUT2D eigenvalue weighted by Gasteiger charge is -2.08. The summed E-state index contributed by atoms with van der Waals surface area (Å²) in [7, 11) is 0. The van der Waals surface area contributed by atoms with Crippen molar-refractivity contribution < 1.29 is 9.21 Å². The summed E-state index contributed by atoms with van der Waals surface area (Å²) in [5.74, 6) is 0.662. The zero-order valence-electron chi connectivity index (χ0n) is 12.9. The highest BCUT2D eigenvalue weighted by molar-refractivity contribution is 8.02. The molecule has 1 amide bonds. The van der Waals surface area contributed by atoms with Crippen LogP contribution in [-0.4, -0.2) is 21.4 Å². The van der Waals surface area contributed by atoms with Gasteiger partial charge in [-0.1, -0.05) is 41.3 Å². The molecule has 3 aromatic rings. The number of thioether (sulfide) groups is 1. The minimum absolute atomic E-state index is 0.0656. The van der Waals surface area contributed by atoms with Crippen LogP contribution < -0.4 is 10.6 Å². The predicted octanol–water partition coefficient (Wildman–Crippen LogP) is 3.67. The van der Waals surface area contributed by atoms with Gasteiger partial charge in [-0.2, -0.15) is 0 Å². The molecule has 8 heteroatoms. The Labute approximate surface area is 147 Å². The Hall–Kier alpha value is -2.32. The van der Waals surface area contributed by atoms with Gasteiger partial charge in [-0.15, -0.1) is 10.2 Å². The Morgan fingerprint density at radius 2 is 2.08 bits per heavy atom. The van der Waals surface area contributed by atoms with E-state index in [2.05, 4.69) is 20.8 Å². The number of carbonyl (C=O) groups excluding carboxylic acids is 1. The van der Waals surface area contributed by atoms with Crippen molar-refractivity contribution in [3.63, 3.8) is 0 Å². The smallest absolute Gasteiger partial charge is 0.233 e. The molecular formula is C16H16N4O2S2. The van der Waals surface area contributed by atoms with E-state index in [-0.39, 0.29) is 11.2 Å². The fourth-order valence-corrected chi connectivity index (χ4v) is 3.83. The SMILES string of the molecule is C[C@H](Sc1nnc(Nc2ccccc2)s1)C(=O)NCc1ccco1. The molecule has 0 saturated carbocycles. The Kier molecular flexibility index (Phi) is 5.50. The van der Waals surface area contributed by atoms with Crippen molar-refractivity contribution in [2.24, 2.45) is 0 Å². The Bertz CT molecular complexity index is 774. The first-order valence-corrected chi connectivity index (χ1v) is 9.02. The van der Waals surface area contributed by atoms with E-state index in [9.17, 15) is 4.79 Å². The van der Waals surface area contributed by atoms with Gasteiger partial charge < -0.3 is 15.1 Å². The lowest BCUT2D eigenvalue weighted by atomic mass is 10.3. The normalized spacial score (nSPS) is 11.9. The number of hydrogen-bond acceptors (Lipinski definition) is 7. The van der Waals surface area contributed by atoms with E-state index in [1.165, 1.54) is 23.1 Å². The minimum Gasteiger partial charge on any atom is -0.467 e. The number of furan rings is 1. The third kappa shape index (κ3) is 4.59. The highest BCUT2D eigenvalue weighted by Gasteiger charge is 2.17. The van der Waals surface area contributed by atoms with Crippen molar-refractivity contribution in [2.45, 2.75) is 23.1 Å². The molecule has 0 aliphatic heterocycles. The number of carbonyl (C=O) groups is 1. The molecule has 1 atom stereocenters. The number of hydrogen-bond donors (Lipinski definition) is 2. The first-order chi connectivity index (χ1) is 11.7. The van der Waals surface area contributed by atoms with E-state index in [1.54, 1.807) is 12.3 Å². The maximum absolute atomic E-state index is 12.1. The van der Waals surface area contributed by atoms with Crippen molar-refractivity contribution in [1.29, 1.82) is 0 Å². The summed E-state index contributed by atoms with van der Waals surface area (Å²) in [6, 6.07) is 13.4. The molecule has 0 saturated heterocycles. The lowest BCUT2D eigenvalue weighted by molar-refractivity contribution is -0.120.